The fraction of sp³-hybridized carbons (Fsp3) is 0.600. The standard InChI is InChI=1S/C10H14O2S2/c1-7-10(11-2,3-4-12-7)8-5-9(13)14-6-8/h5-7,13H,3-4H2,1-2H3/t7-,10-/m1/s1. The third-order valence-corrected chi connectivity index (χ3v) is 4.11. The Labute approximate surface area is 93.6 Å². The lowest BCUT2D eigenvalue weighted by Crippen LogP contribution is -2.35. The van der Waals surface area contributed by atoms with E-state index in [0.717, 1.165) is 17.2 Å². The molecule has 1 aromatic heterocycles. The zero-order chi connectivity index (χ0) is 10.2. The predicted octanol–water partition coefficient (Wildman–Crippen LogP) is 2.69. The fourth-order valence-corrected chi connectivity index (χ4v) is 3.04. The summed E-state index contributed by atoms with van der Waals surface area (Å²) in [6.07, 6.45) is 1.05. The summed E-state index contributed by atoms with van der Waals surface area (Å²) >= 11 is 5.96. The molecule has 14 heavy (non-hydrogen) atoms. The quantitative estimate of drug-likeness (QED) is 0.787. The van der Waals surface area contributed by atoms with Crippen LogP contribution in [0.3, 0.4) is 0 Å². The van der Waals surface area contributed by atoms with Gasteiger partial charge in [-0.25, -0.2) is 0 Å². The molecule has 78 valence electrons. The van der Waals surface area contributed by atoms with Crippen LogP contribution in [0.1, 0.15) is 18.9 Å². The van der Waals surface area contributed by atoms with Crippen molar-refractivity contribution < 1.29 is 9.47 Å². The molecule has 0 saturated carbocycles. The first-order valence-corrected chi connectivity index (χ1v) is 5.96. The molecule has 1 aliphatic rings. The molecule has 1 saturated heterocycles. The highest BCUT2D eigenvalue weighted by Crippen LogP contribution is 2.41. The average molecular weight is 230 g/mol. The van der Waals surface area contributed by atoms with E-state index in [2.05, 4.69) is 31.0 Å². The summed E-state index contributed by atoms with van der Waals surface area (Å²) in [6, 6.07) is 2.07. The van der Waals surface area contributed by atoms with Crippen molar-refractivity contribution in [1.82, 2.24) is 0 Å². The summed E-state index contributed by atoms with van der Waals surface area (Å²) < 4.78 is 12.3. The van der Waals surface area contributed by atoms with Crippen molar-refractivity contribution in [2.24, 2.45) is 0 Å². The number of hydrogen-bond acceptors (Lipinski definition) is 4. The van der Waals surface area contributed by atoms with Crippen LogP contribution in [0.2, 0.25) is 0 Å². The zero-order valence-corrected chi connectivity index (χ0v) is 10.0. The molecule has 0 amide bonds. The number of ether oxygens (including phenoxy) is 2. The Morgan fingerprint density at radius 1 is 1.71 bits per heavy atom. The van der Waals surface area contributed by atoms with Gasteiger partial charge < -0.3 is 9.47 Å². The molecular weight excluding hydrogens is 216 g/mol. The monoisotopic (exact) mass is 230 g/mol. The highest BCUT2D eigenvalue weighted by atomic mass is 32.2. The molecule has 0 spiro atoms. The molecule has 4 heteroatoms. The second-order valence-electron chi connectivity index (χ2n) is 3.53. The molecule has 1 fully saturated rings. The first-order chi connectivity index (χ1) is 6.69. The lowest BCUT2D eigenvalue weighted by molar-refractivity contribution is -0.0645. The molecule has 1 aliphatic heterocycles. The third-order valence-electron chi connectivity index (χ3n) is 2.94. The zero-order valence-electron chi connectivity index (χ0n) is 8.32. The number of methoxy groups -OCH3 is 1. The van der Waals surface area contributed by atoms with Crippen LogP contribution in [0, 0.1) is 0 Å². The topological polar surface area (TPSA) is 18.5 Å². The lowest BCUT2D eigenvalue weighted by Gasteiger charge is -2.30. The van der Waals surface area contributed by atoms with E-state index in [1.54, 1.807) is 18.4 Å². The Bertz CT molecular complexity index is 324. The molecule has 2 nitrogen and oxygen atoms in total. The highest BCUT2D eigenvalue weighted by molar-refractivity contribution is 7.82. The summed E-state index contributed by atoms with van der Waals surface area (Å²) in [5, 5.41) is 2.11. The van der Waals surface area contributed by atoms with Gasteiger partial charge in [-0.1, -0.05) is 0 Å². The summed E-state index contributed by atoms with van der Waals surface area (Å²) in [5.41, 5.74) is 0.942. The summed E-state index contributed by atoms with van der Waals surface area (Å²) in [4.78, 5) is 0. The Kier molecular flexibility index (Phi) is 2.88. The Morgan fingerprint density at radius 2 is 2.50 bits per heavy atom. The minimum atomic E-state index is -0.252. The molecule has 2 heterocycles. The van der Waals surface area contributed by atoms with Gasteiger partial charge in [-0.15, -0.1) is 24.0 Å². The normalized spacial score (nSPS) is 32.4. The van der Waals surface area contributed by atoms with Crippen LogP contribution in [0.5, 0.6) is 0 Å². The van der Waals surface area contributed by atoms with E-state index in [9.17, 15) is 0 Å². The number of thiol groups is 1. The van der Waals surface area contributed by atoms with E-state index in [1.807, 2.05) is 0 Å². The summed E-state index contributed by atoms with van der Waals surface area (Å²) in [5.74, 6) is 0. The van der Waals surface area contributed by atoms with Gasteiger partial charge in [-0.2, -0.15) is 0 Å². The van der Waals surface area contributed by atoms with Gasteiger partial charge in [0.25, 0.3) is 0 Å². The van der Waals surface area contributed by atoms with Crippen molar-refractivity contribution in [3.8, 4) is 0 Å². The van der Waals surface area contributed by atoms with Crippen LogP contribution in [0.25, 0.3) is 0 Å². The molecule has 2 rings (SSSR count). The first kappa shape index (κ1) is 10.5. The Balaban J connectivity index is 2.37. The predicted molar refractivity (Wildman–Crippen MR) is 60.3 cm³/mol. The van der Waals surface area contributed by atoms with Gasteiger partial charge in [0.2, 0.25) is 0 Å². The van der Waals surface area contributed by atoms with E-state index in [0.29, 0.717) is 0 Å². The van der Waals surface area contributed by atoms with Crippen molar-refractivity contribution in [2.75, 3.05) is 13.7 Å². The van der Waals surface area contributed by atoms with Gasteiger partial charge in [0.05, 0.1) is 16.9 Å². The molecule has 2 atom stereocenters. The van der Waals surface area contributed by atoms with Crippen LogP contribution in [0.4, 0.5) is 0 Å². The second-order valence-corrected chi connectivity index (χ2v) is 5.23. The van der Waals surface area contributed by atoms with Crippen LogP contribution in [0.15, 0.2) is 15.7 Å². The maximum atomic E-state index is 5.66. The maximum absolute atomic E-state index is 5.66. The van der Waals surface area contributed by atoms with Crippen LogP contribution in [-0.4, -0.2) is 19.8 Å². The highest BCUT2D eigenvalue weighted by Gasteiger charge is 2.43. The maximum Gasteiger partial charge on any atom is 0.121 e. The van der Waals surface area contributed by atoms with Gasteiger partial charge in [-0.3, -0.25) is 0 Å². The van der Waals surface area contributed by atoms with Crippen LogP contribution < -0.4 is 0 Å². The molecular formula is C10H14O2S2. The molecule has 0 radical (unpaired) electrons. The minimum Gasteiger partial charge on any atom is -0.375 e. The average Bonchev–Trinajstić information content (AvgIpc) is 2.73. The Hall–Kier alpha value is -0.0300. The number of rotatable bonds is 2. The van der Waals surface area contributed by atoms with Crippen molar-refractivity contribution >= 4 is 24.0 Å². The molecule has 0 aliphatic carbocycles. The van der Waals surface area contributed by atoms with Crippen molar-refractivity contribution in [3.63, 3.8) is 0 Å². The Morgan fingerprint density at radius 3 is 2.93 bits per heavy atom. The largest absolute Gasteiger partial charge is 0.375 e. The van der Waals surface area contributed by atoms with Crippen molar-refractivity contribution in [3.05, 3.63) is 17.0 Å². The van der Waals surface area contributed by atoms with Crippen LogP contribution in [-0.2, 0) is 15.1 Å². The molecule has 0 unspecified atom stereocenters. The van der Waals surface area contributed by atoms with Gasteiger partial charge in [0.15, 0.2) is 0 Å². The first-order valence-electron chi connectivity index (χ1n) is 4.64. The van der Waals surface area contributed by atoms with Crippen LogP contribution >= 0.6 is 24.0 Å². The SMILES string of the molecule is CO[C@]1(c2csc(S)c2)CCO[C@@H]1C. The van der Waals surface area contributed by atoms with Gasteiger partial charge >= 0.3 is 0 Å². The van der Waals surface area contributed by atoms with E-state index < -0.39 is 0 Å². The minimum absolute atomic E-state index is 0.120. The van der Waals surface area contributed by atoms with E-state index in [4.69, 9.17) is 9.47 Å². The number of hydrogen-bond donors (Lipinski definition) is 1. The molecule has 0 aromatic carbocycles. The van der Waals surface area contributed by atoms with Gasteiger partial charge in [0, 0.05) is 13.5 Å². The molecule has 0 bridgehead atoms. The third kappa shape index (κ3) is 1.50. The van der Waals surface area contributed by atoms with Gasteiger partial charge in [-0.05, 0) is 23.9 Å². The van der Waals surface area contributed by atoms with E-state index in [1.165, 1.54) is 5.56 Å². The van der Waals surface area contributed by atoms with Crippen molar-refractivity contribution in [2.45, 2.75) is 29.3 Å². The summed E-state index contributed by atoms with van der Waals surface area (Å²) in [6.45, 7) is 2.83. The second kappa shape index (κ2) is 3.85. The lowest BCUT2D eigenvalue weighted by atomic mass is 9.90. The fourth-order valence-electron chi connectivity index (χ4n) is 2.04. The van der Waals surface area contributed by atoms with E-state index >= 15 is 0 Å². The smallest absolute Gasteiger partial charge is 0.121 e. The van der Waals surface area contributed by atoms with Crippen molar-refractivity contribution in [1.29, 1.82) is 0 Å². The number of thiophene rings is 1. The summed E-state index contributed by atoms with van der Waals surface area (Å²) in [7, 11) is 1.75. The van der Waals surface area contributed by atoms with E-state index in [-0.39, 0.29) is 11.7 Å². The molecule has 0 N–H and O–H groups in total. The van der Waals surface area contributed by atoms with Gasteiger partial charge in [0.1, 0.15) is 5.60 Å². The molecule has 1 aromatic rings.